The van der Waals surface area contributed by atoms with Crippen LogP contribution in [0.5, 0.6) is 0 Å². The number of ether oxygens (including phenoxy) is 1. The second kappa shape index (κ2) is 8.70. The summed E-state index contributed by atoms with van der Waals surface area (Å²) in [6.45, 7) is 0.447. The summed E-state index contributed by atoms with van der Waals surface area (Å²) < 4.78 is 11.2. The maximum absolute atomic E-state index is 12.2. The minimum atomic E-state index is -0.423. The molecule has 0 bridgehead atoms. The molecule has 2 heterocycles. The van der Waals surface area contributed by atoms with Crippen LogP contribution in [-0.4, -0.2) is 28.2 Å². The Balaban J connectivity index is 1.30. The number of nitrogens with one attached hydrogen (secondary N) is 2. The summed E-state index contributed by atoms with van der Waals surface area (Å²) in [5, 5.41) is 12.2. The van der Waals surface area contributed by atoms with Gasteiger partial charge in [0.1, 0.15) is 0 Å². The van der Waals surface area contributed by atoms with E-state index in [9.17, 15) is 4.79 Å². The molecule has 7 heteroatoms. The molecule has 0 saturated heterocycles. The van der Waals surface area contributed by atoms with E-state index in [1.807, 2.05) is 60.7 Å². The highest BCUT2D eigenvalue weighted by molar-refractivity contribution is 5.80. The number of carbonyl (C=O) groups is 1. The fraction of sp³-hybridized carbons (Fsp3) is 0.227. The monoisotopic (exact) mass is 390 g/mol. The lowest BCUT2D eigenvalue weighted by Crippen LogP contribution is -2.23. The van der Waals surface area contributed by atoms with Crippen LogP contribution in [0, 0.1) is 0 Å². The zero-order valence-corrected chi connectivity index (χ0v) is 16.1. The lowest BCUT2D eigenvalue weighted by Gasteiger charge is -2.10. The summed E-state index contributed by atoms with van der Waals surface area (Å²) in [5.41, 5.74) is 2.95. The van der Waals surface area contributed by atoms with Crippen molar-refractivity contribution < 1.29 is 13.9 Å². The van der Waals surface area contributed by atoms with Crippen LogP contribution in [0.15, 0.2) is 65.1 Å². The highest BCUT2D eigenvalue weighted by Gasteiger charge is 2.20. The van der Waals surface area contributed by atoms with E-state index in [0.29, 0.717) is 24.7 Å². The molecule has 1 atom stereocenters. The minimum absolute atomic E-state index is 0.0743. The Morgan fingerprint density at radius 1 is 1.14 bits per heavy atom. The number of nitrogens with zero attached hydrogens (tertiary/aromatic N) is 2. The van der Waals surface area contributed by atoms with Crippen molar-refractivity contribution in [2.24, 2.45) is 0 Å². The number of para-hydroxylation sites is 1. The first-order valence-corrected chi connectivity index (χ1v) is 9.46. The summed E-state index contributed by atoms with van der Waals surface area (Å²) in [4.78, 5) is 15.5. The van der Waals surface area contributed by atoms with Crippen molar-refractivity contribution in [2.45, 2.75) is 25.5 Å². The first-order valence-electron chi connectivity index (χ1n) is 9.46. The van der Waals surface area contributed by atoms with Crippen LogP contribution in [-0.2, 0) is 22.5 Å². The molecule has 2 N–H and O–H groups in total. The Bertz CT molecular complexity index is 1050. The average Bonchev–Trinajstić information content (AvgIpc) is 3.39. The van der Waals surface area contributed by atoms with Crippen LogP contribution in [0.2, 0.25) is 0 Å². The van der Waals surface area contributed by atoms with E-state index < -0.39 is 6.10 Å². The van der Waals surface area contributed by atoms with Crippen molar-refractivity contribution in [1.29, 1.82) is 0 Å². The third kappa shape index (κ3) is 4.52. The number of fused-ring (bicyclic) bond motifs is 1. The van der Waals surface area contributed by atoms with Crippen molar-refractivity contribution >= 4 is 16.8 Å². The lowest BCUT2D eigenvalue weighted by molar-refractivity contribution is -0.121. The van der Waals surface area contributed by atoms with Crippen molar-refractivity contribution in [2.75, 3.05) is 7.11 Å². The molecule has 4 rings (SSSR count). The smallest absolute Gasteiger partial charge is 0.249 e. The highest BCUT2D eigenvalue weighted by atomic mass is 16.5. The molecule has 2 aromatic heterocycles. The third-order valence-corrected chi connectivity index (χ3v) is 4.67. The predicted octanol–water partition coefficient (Wildman–Crippen LogP) is 3.54. The number of benzene rings is 2. The largest absolute Gasteiger partial charge is 0.422 e. The molecule has 0 aliphatic carbocycles. The van der Waals surface area contributed by atoms with Gasteiger partial charge in [0.05, 0.1) is 6.54 Å². The van der Waals surface area contributed by atoms with E-state index in [-0.39, 0.29) is 12.3 Å². The fourth-order valence-corrected chi connectivity index (χ4v) is 3.21. The Hall–Kier alpha value is -3.45. The lowest BCUT2D eigenvalue weighted by atomic mass is 10.1. The molecule has 0 aliphatic heterocycles. The Morgan fingerprint density at radius 3 is 2.72 bits per heavy atom. The number of amides is 1. The molecule has 0 aliphatic rings. The van der Waals surface area contributed by atoms with E-state index in [1.165, 1.54) is 0 Å². The summed E-state index contributed by atoms with van der Waals surface area (Å²) in [6.07, 6.45) is 0.218. The topological polar surface area (TPSA) is 93.0 Å². The minimum Gasteiger partial charge on any atom is -0.422 e. The number of carbonyl (C=O) groups excluding carboxylic acids is 1. The zero-order chi connectivity index (χ0) is 20.1. The number of H-pyrrole nitrogens is 1. The van der Waals surface area contributed by atoms with Crippen molar-refractivity contribution in [1.82, 2.24) is 20.5 Å². The van der Waals surface area contributed by atoms with E-state index >= 15 is 0 Å². The number of aromatic amines is 1. The van der Waals surface area contributed by atoms with Crippen molar-refractivity contribution in [3.05, 3.63) is 83.7 Å². The average molecular weight is 390 g/mol. The van der Waals surface area contributed by atoms with E-state index in [0.717, 1.165) is 22.2 Å². The summed E-state index contributed by atoms with van der Waals surface area (Å²) >= 11 is 0. The van der Waals surface area contributed by atoms with Crippen molar-refractivity contribution in [3.8, 4) is 0 Å². The molecule has 0 fully saturated rings. The van der Waals surface area contributed by atoms with Gasteiger partial charge in [-0.25, -0.2) is 0 Å². The molecule has 29 heavy (non-hydrogen) atoms. The Morgan fingerprint density at radius 2 is 1.93 bits per heavy atom. The van der Waals surface area contributed by atoms with Gasteiger partial charge in [0.2, 0.25) is 17.7 Å². The molecule has 7 nitrogen and oxygen atoms in total. The summed E-state index contributed by atoms with van der Waals surface area (Å²) in [7, 11) is 1.60. The maximum atomic E-state index is 12.2. The van der Waals surface area contributed by atoms with Crippen LogP contribution in [0.4, 0.5) is 0 Å². The second-order valence-corrected chi connectivity index (χ2v) is 6.72. The van der Waals surface area contributed by atoms with Gasteiger partial charge < -0.3 is 19.5 Å². The van der Waals surface area contributed by atoms with Gasteiger partial charge in [0.15, 0.2) is 6.10 Å². The molecule has 1 amide bonds. The highest BCUT2D eigenvalue weighted by Crippen LogP contribution is 2.24. The van der Waals surface area contributed by atoms with Gasteiger partial charge in [0, 0.05) is 31.2 Å². The maximum Gasteiger partial charge on any atom is 0.249 e. The van der Waals surface area contributed by atoms with Gasteiger partial charge >= 0.3 is 0 Å². The standard InChI is InChI=1S/C22H22N4O3/c1-28-21(15-7-3-2-4-8-15)22-26-25-20(29-22)12-11-19(27)23-14-17-13-16-9-5-6-10-18(16)24-17/h2-10,13,21,24H,11-12,14H2,1H3,(H,23,27). The molecule has 4 aromatic rings. The molecular weight excluding hydrogens is 368 g/mol. The van der Waals surface area contributed by atoms with Gasteiger partial charge in [-0.05, 0) is 23.1 Å². The predicted molar refractivity (Wildman–Crippen MR) is 108 cm³/mol. The first kappa shape index (κ1) is 18.9. The van der Waals surface area contributed by atoms with Gasteiger partial charge in [-0.3, -0.25) is 4.79 Å². The van der Waals surface area contributed by atoms with Crippen LogP contribution in [0.3, 0.4) is 0 Å². The van der Waals surface area contributed by atoms with E-state index in [1.54, 1.807) is 7.11 Å². The summed E-state index contributed by atoms with van der Waals surface area (Å²) in [6, 6.07) is 19.7. The number of hydrogen-bond donors (Lipinski definition) is 2. The van der Waals surface area contributed by atoms with Gasteiger partial charge in [-0.2, -0.15) is 0 Å². The van der Waals surface area contributed by atoms with Crippen LogP contribution >= 0.6 is 0 Å². The van der Waals surface area contributed by atoms with Gasteiger partial charge in [-0.15, -0.1) is 10.2 Å². The van der Waals surface area contributed by atoms with Crippen LogP contribution < -0.4 is 5.32 Å². The molecule has 1 unspecified atom stereocenters. The number of rotatable bonds is 8. The molecular formula is C22H22N4O3. The molecule has 2 aromatic carbocycles. The summed E-state index contributed by atoms with van der Waals surface area (Å²) in [5.74, 6) is 0.723. The number of hydrogen-bond acceptors (Lipinski definition) is 5. The van der Waals surface area contributed by atoms with Crippen LogP contribution in [0.1, 0.15) is 35.6 Å². The zero-order valence-electron chi connectivity index (χ0n) is 16.1. The number of aryl methyl sites for hydroxylation is 1. The number of methoxy groups -OCH3 is 1. The molecule has 0 spiro atoms. The van der Waals surface area contributed by atoms with Crippen LogP contribution in [0.25, 0.3) is 10.9 Å². The fourth-order valence-electron chi connectivity index (χ4n) is 3.21. The number of aromatic nitrogens is 3. The first-order chi connectivity index (χ1) is 14.2. The Labute approximate surface area is 168 Å². The quantitative estimate of drug-likeness (QED) is 0.480. The normalized spacial score (nSPS) is 12.2. The van der Waals surface area contributed by atoms with Gasteiger partial charge in [0.25, 0.3) is 0 Å². The third-order valence-electron chi connectivity index (χ3n) is 4.67. The van der Waals surface area contributed by atoms with E-state index in [4.69, 9.17) is 9.15 Å². The SMILES string of the molecule is COC(c1ccccc1)c1nnc(CCC(=O)NCc2cc3ccccc3[nH]2)o1. The molecule has 0 saturated carbocycles. The Kier molecular flexibility index (Phi) is 5.67. The second-order valence-electron chi connectivity index (χ2n) is 6.72. The van der Waals surface area contributed by atoms with E-state index in [2.05, 4.69) is 20.5 Å². The molecule has 0 radical (unpaired) electrons. The van der Waals surface area contributed by atoms with Gasteiger partial charge in [-0.1, -0.05) is 48.5 Å². The molecule has 148 valence electrons. The van der Waals surface area contributed by atoms with Crippen molar-refractivity contribution in [3.63, 3.8) is 0 Å².